The Hall–Kier alpha value is -2.28. The molecule has 1 N–H and O–H groups in total. The normalized spacial score (nSPS) is 23.1. The molecule has 7 heteroatoms. The summed E-state index contributed by atoms with van der Waals surface area (Å²) in [6, 6.07) is 3.31. The monoisotopic (exact) mass is 403 g/mol. The lowest BCUT2D eigenvalue weighted by Crippen LogP contribution is -2.52. The average molecular weight is 404 g/mol. The third-order valence-corrected chi connectivity index (χ3v) is 5.93. The fraction of sp³-hybridized carbons (Fsp3) is 0.476. The summed E-state index contributed by atoms with van der Waals surface area (Å²) in [6.07, 6.45) is 3.23. The fourth-order valence-electron chi connectivity index (χ4n) is 4.18. The first kappa shape index (κ1) is 20.5. The van der Waals surface area contributed by atoms with Crippen LogP contribution in [0.1, 0.15) is 57.6 Å². The van der Waals surface area contributed by atoms with Gasteiger partial charge in [-0.25, -0.2) is 4.39 Å². The van der Waals surface area contributed by atoms with Crippen LogP contribution >= 0.6 is 12.2 Å². The van der Waals surface area contributed by atoms with Crippen molar-refractivity contribution in [1.29, 1.82) is 0 Å². The molecular weight excluding hydrogens is 377 g/mol. The predicted octanol–water partition coefficient (Wildman–Crippen LogP) is 3.58. The van der Waals surface area contributed by atoms with Crippen LogP contribution in [0.4, 0.5) is 10.1 Å². The minimum Gasteiger partial charge on any atom is -0.366 e. The first-order chi connectivity index (χ1) is 13.1. The van der Waals surface area contributed by atoms with Gasteiger partial charge in [-0.05, 0) is 68.6 Å². The van der Waals surface area contributed by atoms with Crippen molar-refractivity contribution in [2.75, 3.05) is 18.5 Å². The Morgan fingerprint density at radius 2 is 2.04 bits per heavy atom. The van der Waals surface area contributed by atoms with Gasteiger partial charge in [0.25, 0.3) is 11.8 Å². The van der Waals surface area contributed by atoms with Gasteiger partial charge in [0.1, 0.15) is 11.4 Å². The van der Waals surface area contributed by atoms with E-state index < -0.39 is 17.6 Å². The number of thiocarbonyl (C=S) groups is 1. The molecule has 2 amide bonds. The van der Waals surface area contributed by atoms with Gasteiger partial charge in [0.15, 0.2) is 5.11 Å². The molecule has 0 bridgehead atoms. The van der Waals surface area contributed by atoms with E-state index in [4.69, 9.17) is 12.2 Å². The highest BCUT2D eigenvalue weighted by Crippen LogP contribution is 2.44. The number of rotatable bonds is 3. The van der Waals surface area contributed by atoms with Crippen molar-refractivity contribution in [3.8, 4) is 0 Å². The van der Waals surface area contributed by atoms with E-state index in [9.17, 15) is 14.0 Å². The Balaban J connectivity index is 2.09. The number of amides is 2. The van der Waals surface area contributed by atoms with Gasteiger partial charge in [-0.15, -0.1) is 0 Å². The van der Waals surface area contributed by atoms with Gasteiger partial charge in [-0.1, -0.05) is 13.8 Å². The smallest absolute Gasteiger partial charge is 0.265 e. The number of carbonyl (C=O) groups excluding carboxylic acids is 2. The Morgan fingerprint density at radius 1 is 1.36 bits per heavy atom. The quantitative estimate of drug-likeness (QED) is 0.476. The SMILES string of the molecule is CCCN1c2cc(F)c(/C=C3/C(=O)NC(=S)N(C)C3=O)cc2C(C)CC1(C)C. The van der Waals surface area contributed by atoms with Gasteiger partial charge in [-0.3, -0.25) is 19.8 Å². The molecule has 2 aliphatic heterocycles. The molecule has 1 unspecified atom stereocenters. The Labute approximate surface area is 170 Å². The van der Waals surface area contributed by atoms with Crippen molar-refractivity contribution in [2.24, 2.45) is 0 Å². The summed E-state index contributed by atoms with van der Waals surface area (Å²) in [4.78, 5) is 28.1. The first-order valence-electron chi connectivity index (χ1n) is 9.53. The highest BCUT2D eigenvalue weighted by molar-refractivity contribution is 7.80. The van der Waals surface area contributed by atoms with Gasteiger partial charge in [-0.2, -0.15) is 0 Å². The summed E-state index contributed by atoms with van der Waals surface area (Å²) in [5, 5.41) is 2.50. The highest BCUT2D eigenvalue weighted by Gasteiger charge is 2.37. The van der Waals surface area contributed by atoms with Gasteiger partial charge < -0.3 is 4.90 Å². The summed E-state index contributed by atoms with van der Waals surface area (Å²) in [5.41, 5.74) is 1.98. The summed E-state index contributed by atoms with van der Waals surface area (Å²) < 4.78 is 15.0. The maximum absolute atomic E-state index is 15.0. The molecule has 1 fully saturated rings. The first-order valence-corrected chi connectivity index (χ1v) is 9.93. The molecule has 3 rings (SSSR count). The number of nitrogens with one attached hydrogen (secondary N) is 1. The molecule has 1 atom stereocenters. The lowest BCUT2D eigenvalue weighted by molar-refractivity contribution is -0.128. The lowest BCUT2D eigenvalue weighted by Gasteiger charge is -2.47. The van der Waals surface area contributed by atoms with Crippen molar-refractivity contribution >= 4 is 40.9 Å². The molecule has 0 spiro atoms. The number of fused-ring (bicyclic) bond motifs is 1. The molecule has 0 aliphatic carbocycles. The second-order valence-electron chi connectivity index (χ2n) is 8.18. The van der Waals surface area contributed by atoms with E-state index in [1.807, 2.05) is 0 Å². The van der Waals surface area contributed by atoms with Crippen LogP contribution in [0.5, 0.6) is 0 Å². The zero-order valence-electron chi connectivity index (χ0n) is 16.9. The average Bonchev–Trinajstić information content (AvgIpc) is 2.60. The van der Waals surface area contributed by atoms with Crippen molar-refractivity contribution in [3.05, 3.63) is 34.6 Å². The van der Waals surface area contributed by atoms with Crippen LogP contribution in [-0.2, 0) is 9.59 Å². The van der Waals surface area contributed by atoms with Gasteiger partial charge >= 0.3 is 0 Å². The third kappa shape index (κ3) is 3.43. The molecule has 28 heavy (non-hydrogen) atoms. The lowest BCUT2D eigenvalue weighted by atomic mass is 9.79. The molecule has 0 aromatic heterocycles. The van der Waals surface area contributed by atoms with E-state index in [1.165, 1.54) is 24.1 Å². The van der Waals surface area contributed by atoms with E-state index in [2.05, 4.69) is 37.9 Å². The van der Waals surface area contributed by atoms with Crippen LogP contribution in [0.2, 0.25) is 0 Å². The van der Waals surface area contributed by atoms with Crippen LogP contribution in [0.25, 0.3) is 6.08 Å². The third-order valence-electron chi connectivity index (χ3n) is 5.56. The van der Waals surface area contributed by atoms with E-state index in [1.54, 1.807) is 6.07 Å². The molecule has 1 aromatic rings. The molecular formula is C21H26FN3O2S. The van der Waals surface area contributed by atoms with Crippen LogP contribution in [0, 0.1) is 5.82 Å². The van der Waals surface area contributed by atoms with Crippen molar-refractivity contribution in [2.45, 2.75) is 52.0 Å². The number of benzene rings is 1. The number of carbonyl (C=O) groups is 2. The second-order valence-corrected chi connectivity index (χ2v) is 8.57. The maximum atomic E-state index is 15.0. The number of nitrogens with zero attached hydrogens (tertiary/aromatic N) is 2. The molecule has 1 saturated heterocycles. The van der Waals surface area contributed by atoms with Crippen LogP contribution in [0.3, 0.4) is 0 Å². The molecule has 5 nitrogen and oxygen atoms in total. The number of anilines is 1. The molecule has 2 heterocycles. The summed E-state index contributed by atoms with van der Waals surface area (Å²) >= 11 is 4.95. The fourth-order valence-corrected chi connectivity index (χ4v) is 4.36. The van der Waals surface area contributed by atoms with Gasteiger partial charge in [0.2, 0.25) is 0 Å². The molecule has 1 aromatic carbocycles. The van der Waals surface area contributed by atoms with Crippen LogP contribution in [0.15, 0.2) is 17.7 Å². The second kappa shape index (κ2) is 7.28. The molecule has 0 radical (unpaired) electrons. The van der Waals surface area contributed by atoms with E-state index >= 15 is 0 Å². The molecule has 2 aliphatic rings. The zero-order chi connectivity index (χ0) is 20.8. The van der Waals surface area contributed by atoms with Crippen LogP contribution < -0.4 is 10.2 Å². The topological polar surface area (TPSA) is 52.7 Å². The minimum atomic E-state index is -0.605. The van der Waals surface area contributed by atoms with Crippen molar-refractivity contribution in [3.63, 3.8) is 0 Å². The summed E-state index contributed by atoms with van der Waals surface area (Å²) in [5.74, 6) is -1.35. The van der Waals surface area contributed by atoms with Crippen molar-refractivity contribution < 1.29 is 14.0 Å². The van der Waals surface area contributed by atoms with Crippen LogP contribution in [-0.4, -0.2) is 41.0 Å². The molecule has 150 valence electrons. The predicted molar refractivity (Wildman–Crippen MR) is 113 cm³/mol. The zero-order valence-corrected chi connectivity index (χ0v) is 17.7. The Morgan fingerprint density at radius 3 is 2.68 bits per heavy atom. The number of hydrogen-bond acceptors (Lipinski definition) is 4. The van der Waals surface area contributed by atoms with E-state index in [0.29, 0.717) is 0 Å². The summed E-state index contributed by atoms with van der Waals surface area (Å²) in [6.45, 7) is 9.44. The Bertz CT molecular complexity index is 894. The number of hydrogen-bond donors (Lipinski definition) is 1. The minimum absolute atomic E-state index is 0.0455. The Kier molecular flexibility index (Phi) is 5.32. The number of halogens is 1. The summed E-state index contributed by atoms with van der Waals surface area (Å²) in [7, 11) is 1.48. The standard InChI is InChI=1S/C21H26FN3O2S/c1-6-7-25-17-10-16(22)13(8-14(17)12(2)11-21(25,3)4)9-15-18(26)23-20(28)24(5)19(15)27/h8-10,12H,6-7,11H2,1-5H3,(H,23,26,28)/b15-9-. The van der Waals surface area contributed by atoms with Gasteiger partial charge in [0.05, 0.1) is 0 Å². The van der Waals surface area contributed by atoms with E-state index in [-0.39, 0.29) is 27.7 Å². The van der Waals surface area contributed by atoms with Crippen molar-refractivity contribution in [1.82, 2.24) is 10.2 Å². The maximum Gasteiger partial charge on any atom is 0.265 e. The van der Waals surface area contributed by atoms with E-state index in [0.717, 1.165) is 30.6 Å². The largest absolute Gasteiger partial charge is 0.366 e. The number of likely N-dealkylation sites (N-methyl/N-ethyl adjacent to an activating group) is 1. The molecule has 0 saturated carbocycles. The highest BCUT2D eigenvalue weighted by atomic mass is 32.1. The van der Waals surface area contributed by atoms with Gasteiger partial charge in [0, 0.05) is 30.4 Å².